The van der Waals surface area contributed by atoms with Crippen LogP contribution in [-0.4, -0.2) is 34.1 Å². The van der Waals surface area contributed by atoms with Gasteiger partial charge in [-0.1, -0.05) is 23.9 Å². The van der Waals surface area contributed by atoms with E-state index >= 15 is 0 Å². The number of halogens is 1. The van der Waals surface area contributed by atoms with Crippen molar-refractivity contribution in [1.29, 1.82) is 0 Å². The number of hydrogen-bond donors (Lipinski definition) is 1. The molecule has 0 aliphatic carbocycles. The number of nitrogens with two attached hydrogens (primary N) is 1. The lowest BCUT2D eigenvalue weighted by Crippen LogP contribution is -2.12. The highest BCUT2D eigenvalue weighted by atomic mass is 32.2. The Morgan fingerprint density at radius 2 is 1.90 bits per heavy atom. The van der Waals surface area contributed by atoms with Crippen LogP contribution in [0.3, 0.4) is 0 Å². The highest BCUT2D eigenvalue weighted by molar-refractivity contribution is 7.98. The van der Waals surface area contributed by atoms with Crippen LogP contribution in [0.15, 0.2) is 53.0 Å². The van der Waals surface area contributed by atoms with Gasteiger partial charge in [-0.25, -0.2) is 14.1 Å². The molecular formula is C20H18FN5O2S2. The fraction of sp³-hybridized carbons (Fsp3) is 0.150. The van der Waals surface area contributed by atoms with Crippen LogP contribution in [0.5, 0.6) is 11.5 Å². The third-order valence-corrected chi connectivity index (χ3v) is 6.23. The zero-order valence-electron chi connectivity index (χ0n) is 16.2. The van der Waals surface area contributed by atoms with E-state index in [0.717, 1.165) is 16.3 Å². The van der Waals surface area contributed by atoms with Gasteiger partial charge in [0.05, 0.1) is 25.5 Å². The lowest BCUT2D eigenvalue weighted by molar-refractivity contribution is 0.355. The van der Waals surface area contributed by atoms with E-state index in [9.17, 15) is 4.39 Å². The zero-order valence-corrected chi connectivity index (χ0v) is 17.8. The molecule has 2 aromatic heterocycles. The average Bonchev–Trinajstić information content (AvgIpc) is 3.39. The molecule has 0 fully saturated rings. The molecule has 0 aliphatic heterocycles. The van der Waals surface area contributed by atoms with Gasteiger partial charge in [0.1, 0.15) is 10.8 Å². The maximum absolute atomic E-state index is 14.0. The molecule has 30 heavy (non-hydrogen) atoms. The van der Waals surface area contributed by atoms with Gasteiger partial charge in [0.25, 0.3) is 0 Å². The van der Waals surface area contributed by atoms with Crippen LogP contribution in [-0.2, 0) is 5.75 Å². The molecule has 7 nitrogen and oxygen atoms in total. The highest BCUT2D eigenvalue weighted by Gasteiger charge is 2.16. The molecular weight excluding hydrogens is 425 g/mol. The van der Waals surface area contributed by atoms with E-state index in [1.54, 1.807) is 32.4 Å². The van der Waals surface area contributed by atoms with Crippen LogP contribution in [0.25, 0.3) is 22.0 Å². The number of ether oxygens (including phenoxy) is 2. The lowest BCUT2D eigenvalue weighted by Gasteiger charge is -2.08. The maximum Gasteiger partial charge on any atom is 0.210 e. The number of benzene rings is 2. The topological polar surface area (TPSA) is 88.1 Å². The Morgan fingerprint density at radius 3 is 2.67 bits per heavy atom. The number of hydrogen-bond acceptors (Lipinski definition) is 8. The quantitative estimate of drug-likeness (QED) is 0.338. The molecule has 2 heterocycles. The van der Waals surface area contributed by atoms with E-state index in [1.165, 1.54) is 33.8 Å². The van der Waals surface area contributed by atoms with E-state index in [4.69, 9.17) is 15.3 Å². The Morgan fingerprint density at radius 1 is 1.10 bits per heavy atom. The molecule has 0 radical (unpaired) electrons. The molecule has 154 valence electrons. The smallest absolute Gasteiger partial charge is 0.210 e. The summed E-state index contributed by atoms with van der Waals surface area (Å²) in [5, 5.41) is 11.4. The molecule has 4 rings (SSSR count). The molecule has 0 unspecified atom stereocenters. The lowest BCUT2D eigenvalue weighted by atomic mass is 10.2. The third-order valence-electron chi connectivity index (χ3n) is 4.31. The van der Waals surface area contributed by atoms with Crippen molar-refractivity contribution in [3.63, 3.8) is 0 Å². The third kappa shape index (κ3) is 3.96. The van der Waals surface area contributed by atoms with Gasteiger partial charge < -0.3 is 15.3 Å². The first kappa shape index (κ1) is 20.2. The second kappa shape index (κ2) is 8.72. The fourth-order valence-electron chi connectivity index (χ4n) is 2.82. The van der Waals surface area contributed by atoms with E-state index in [2.05, 4.69) is 15.2 Å². The summed E-state index contributed by atoms with van der Waals surface area (Å²) in [6.07, 6.45) is 0. The Kier molecular flexibility index (Phi) is 5.86. The monoisotopic (exact) mass is 443 g/mol. The number of nitrogens with zero attached hydrogens (tertiary/aromatic N) is 4. The van der Waals surface area contributed by atoms with Gasteiger partial charge >= 0.3 is 0 Å². The Bertz CT molecular complexity index is 1180. The van der Waals surface area contributed by atoms with Gasteiger partial charge in [-0.3, -0.25) is 0 Å². The number of methoxy groups -OCH3 is 2. The molecule has 0 aliphatic rings. The summed E-state index contributed by atoms with van der Waals surface area (Å²) in [5.74, 6) is 7.84. The first-order valence-electron chi connectivity index (χ1n) is 8.85. The molecule has 2 N–H and O–H groups in total. The highest BCUT2D eigenvalue weighted by Crippen LogP contribution is 2.34. The molecule has 0 saturated carbocycles. The fourth-order valence-corrected chi connectivity index (χ4v) is 4.49. The van der Waals surface area contributed by atoms with Gasteiger partial charge in [-0.2, -0.15) is 0 Å². The maximum atomic E-state index is 14.0. The Labute approximate surface area is 180 Å². The summed E-state index contributed by atoms with van der Waals surface area (Å²) in [6.45, 7) is 0. The van der Waals surface area contributed by atoms with Gasteiger partial charge in [-0.05, 0) is 30.3 Å². The van der Waals surface area contributed by atoms with E-state index in [0.29, 0.717) is 28.0 Å². The van der Waals surface area contributed by atoms with Crippen LogP contribution in [0.4, 0.5) is 4.39 Å². The van der Waals surface area contributed by atoms with Crippen molar-refractivity contribution in [2.24, 2.45) is 0 Å². The van der Waals surface area contributed by atoms with E-state index in [-0.39, 0.29) is 5.82 Å². The minimum atomic E-state index is -0.396. The van der Waals surface area contributed by atoms with Crippen molar-refractivity contribution in [2.45, 2.75) is 10.9 Å². The molecule has 0 bridgehead atoms. The zero-order chi connectivity index (χ0) is 21.1. The van der Waals surface area contributed by atoms with Crippen LogP contribution < -0.4 is 15.3 Å². The minimum Gasteiger partial charge on any atom is -0.493 e. The van der Waals surface area contributed by atoms with Crippen molar-refractivity contribution in [3.05, 3.63) is 59.4 Å². The van der Waals surface area contributed by atoms with E-state index in [1.807, 2.05) is 23.6 Å². The second-order valence-corrected chi connectivity index (χ2v) is 7.96. The minimum absolute atomic E-state index is 0.278. The summed E-state index contributed by atoms with van der Waals surface area (Å²) in [6, 6.07) is 12.0. The molecule has 0 spiro atoms. The summed E-state index contributed by atoms with van der Waals surface area (Å²) >= 11 is 2.92. The summed E-state index contributed by atoms with van der Waals surface area (Å²) in [5.41, 5.74) is 2.13. The van der Waals surface area contributed by atoms with Gasteiger partial charge in [0, 0.05) is 16.7 Å². The SMILES string of the molecule is COc1ccc(-c2nc(CSc3nnc(-c4ccccc4F)n3N)cs2)cc1OC. The normalized spacial score (nSPS) is 10.9. The first-order valence-corrected chi connectivity index (χ1v) is 10.7. The predicted molar refractivity (Wildman–Crippen MR) is 116 cm³/mol. The largest absolute Gasteiger partial charge is 0.493 e. The summed E-state index contributed by atoms with van der Waals surface area (Å²) in [7, 11) is 3.20. The standard InChI is InChI=1S/C20H18FN5O2S2/c1-27-16-8-7-12(9-17(16)28-2)19-23-13(10-29-19)11-30-20-25-24-18(26(20)22)14-5-3-4-6-15(14)21/h3-10H,11,22H2,1-2H3. The number of rotatable bonds is 7. The van der Waals surface area contributed by atoms with Gasteiger partial charge in [0.15, 0.2) is 17.3 Å². The van der Waals surface area contributed by atoms with Crippen molar-refractivity contribution in [2.75, 3.05) is 20.1 Å². The number of thiazole rings is 1. The molecule has 10 heteroatoms. The molecule has 0 atom stereocenters. The van der Waals surface area contributed by atoms with Crippen LogP contribution in [0.1, 0.15) is 5.69 Å². The van der Waals surface area contributed by atoms with Gasteiger partial charge in [-0.15, -0.1) is 21.5 Å². The predicted octanol–water partition coefficient (Wildman–Crippen LogP) is 4.23. The molecule has 0 amide bonds. The van der Waals surface area contributed by atoms with Crippen molar-refractivity contribution < 1.29 is 13.9 Å². The number of aromatic nitrogens is 4. The average molecular weight is 444 g/mol. The Hall–Kier alpha value is -3.11. The summed E-state index contributed by atoms with van der Waals surface area (Å²) < 4.78 is 25.9. The van der Waals surface area contributed by atoms with Crippen LogP contribution in [0.2, 0.25) is 0 Å². The summed E-state index contributed by atoms with van der Waals surface area (Å²) in [4.78, 5) is 4.68. The van der Waals surface area contributed by atoms with Crippen LogP contribution >= 0.6 is 23.1 Å². The number of nitrogen functional groups attached to an aromatic ring is 1. The molecule has 0 saturated heterocycles. The van der Waals surface area contributed by atoms with Crippen molar-refractivity contribution in [3.8, 4) is 33.5 Å². The van der Waals surface area contributed by atoms with Crippen molar-refractivity contribution >= 4 is 23.1 Å². The molecule has 4 aromatic rings. The van der Waals surface area contributed by atoms with Crippen molar-refractivity contribution in [1.82, 2.24) is 19.9 Å². The van der Waals surface area contributed by atoms with E-state index < -0.39 is 5.82 Å². The van der Waals surface area contributed by atoms with Gasteiger partial charge in [0.2, 0.25) is 5.16 Å². The number of thioether (sulfide) groups is 1. The Balaban J connectivity index is 1.49. The second-order valence-electron chi connectivity index (χ2n) is 6.16. The molecule has 2 aromatic carbocycles. The first-order chi connectivity index (χ1) is 14.6. The van der Waals surface area contributed by atoms with Crippen LogP contribution in [0, 0.1) is 5.82 Å².